The first-order valence-corrected chi connectivity index (χ1v) is 7.31. The SMILES string of the molecule is CC(C)C1CC(=O)C(C(=S)Nc2ccc(F)cc2)=C(O)C1. The van der Waals surface area contributed by atoms with Crippen LogP contribution in [-0.4, -0.2) is 15.9 Å². The van der Waals surface area contributed by atoms with Gasteiger partial charge in [-0.05, 0) is 36.1 Å². The van der Waals surface area contributed by atoms with Crippen LogP contribution in [0.2, 0.25) is 0 Å². The van der Waals surface area contributed by atoms with Crippen molar-refractivity contribution >= 4 is 28.7 Å². The number of ketones is 1. The van der Waals surface area contributed by atoms with Crippen molar-refractivity contribution in [2.24, 2.45) is 11.8 Å². The molecule has 1 aliphatic rings. The van der Waals surface area contributed by atoms with Crippen molar-refractivity contribution in [1.82, 2.24) is 0 Å². The number of carbonyl (C=O) groups excluding carboxylic acids is 1. The molecule has 1 aromatic carbocycles. The second-order valence-corrected chi connectivity index (χ2v) is 6.03. The second-order valence-electron chi connectivity index (χ2n) is 5.62. The number of allylic oxidation sites excluding steroid dienone is 1. The smallest absolute Gasteiger partial charge is 0.169 e. The molecule has 1 unspecified atom stereocenters. The molecule has 112 valence electrons. The number of aliphatic hydroxyl groups excluding tert-OH is 1. The molecule has 0 spiro atoms. The summed E-state index contributed by atoms with van der Waals surface area (Å²) in [5, 5.41) is 13.0. The number of Topliss-reactive ketones (excluding diaryl/α,β-unsaturated/α-hetero) is 1. The number of hydrogen-bond donors (Lipinski definition) is 2. The van der Waals surface area contributed by atoms with Crippen LogP contribution in [-0.2, 0) is 4.79 Å². The summed E-state index contributed by atoms with van der Waals surface area (Å²) >= 11 is 5.20. The molecule has 0 amide bonds. The zero-order valence-corrected chi connectivity index (χ0v) is 12.8. The summed E-state index contributed by atoms with van der Waals surface area (Å²) in [7, 11) is 0. The lowest BCUT2D eigenvalue weighted by Gasteiger charge is -2.26. The quantitative estimate of drug-likeness (QED) is 0.828. The molecule has 5 heteroatoms. The first kappa shape index (κ1) is 15.6. The molecule has 1 aromatic rings. The maximum Gasteiger partial charge on any atom is 0.169 e. The van der Waals surface area contributed by atoms with Gasteiger partial charge in [0.2, 0.25) is 0 Å². The summed E-state index contributed by atoms with van der Waals surface area (Å²) < 4.78 is 12.9. The molecule has 1 aliphatic carbocycles. The summed E-state index contributed by atoms with van der Waals surface area (Å²) in [5.41, 5.74) is 0.770. The number of rotatable bonds is 3. The molecule has 2 N–H and O–H groups in total. The largest absolute Gasteiger partial charge is 0.511 e. The van der Waals surface area contributed by atoms with Crippen LogP contribution in [0.25, 0.3) is 0 Å². The van der Waals surface area contributed by atoms with E-state index in [1.807, 2.05) is 13.8 Å². The third-order valence-electron chi connectivity index (χ3n) is 3.74. The molecule has 1 atom stereocenters. The predicted molar refractivity (Wildman–Crippen MR) is 84.8 cm³/mol. The third kappa shape index (κ3) is 3.67. The zero-order valence-electron chi connectivity index (χ0n) is 12.0. The van der Waals surface area contributed by atoms with Crippen LogP contribution in [0.5, 0.6) is 0 Å². The molecule has 0 saturated heterocycles. The van der Waals surface area contributed by atoms with Crippen molar-refractivity contribution in [3.8, 4) is 0 Å². The van der Waals surface area contributed by atoms with Crippen molar-refractivity contribution in [1.29, 1.82) is 0 Å². The van der Waals surface area contributed by atoms with Gasteiger partial charge in [-0.3, -0.25) is 4.79 Å². The summed E-state index contributed by atoms with van der Waals surface area (Å²) in [5.74, 6) is 0.0369. The molecule has 21 heavy (non-hydrogen) atoms. The Balaban J connectivity index is 2.16. The fourth-order valence-electron chi connectivity index (χ4n) is 2.38. The highest BCUT2D eigenvalue weighted by Gasteiger charge is 2.31. The van der Waals surface area contributed by atoms with Crippen LogP contribution in [0.15, 0.2) is 35.6 Å². The molecule has 2 rings (SSSR count). The fraction of sp³-hybridized carbons (Fsp3) is 0.375. The lowest BCUT2D eigenvalue weighted by atomic mass is 9.80. The average Bonchev–Trinajstić information content (AvgIpc) is 2.40. The monoisotopic (exact) mass is 307 g/mol. The van der Waals surface area contributed by atoms with E-state index in [2.05, 4.69) is 5.32 Å². The van der Waals surface area contributed by atoms with Gasteiger partial charge in [-0.25, -0.2) is 4.39 Å². The van der Waals surface area contributed by atoms with E-state index in [9.17, 15) is 14.3 Å². The molecule has 0 saturated carbocycles. The van der Waals surface area contributed by atoms with Crippen LogP contribution >= 0.6 is 12.2 Å². The van der Waals surface area contributed by atoms with Crippen molar-refractivity contribution < 1.29 is 14.3 Å². The first-order valence-electron chi connectivity index (χ1n) is 6.90. The van der Waals surface area contributed by atoms with Crippen molar-refractivity contribution in [2.75, 3.05) is 5.32 Å². The van der Waals surface area contributed by atoms with Crippen molar-refractivity contribution in [2.45, 2.75) is 26.7 Å². The van der Waals surface area contributed by atoms with Gasteiger partial charge in [0.25, 0.3) is 0 Å². The Kier molecular flexibility index (Phi) is 4.73. The molecule has 0 heterocycles. The fourth-order valence-corrected chi connectivity index (χ4v) is 2.73. The van der Waals surface area contributed by atoms with E-state index in [4.69, 9.17) is 12.2 Å². The molecule has 0 aromatic heterocycles. The summed E-state index contributed by atoms with van der Waals surface area (Å²) in [4.78, 5) is 12.4. The maximum absolute atomic E-state index is 12.9. The number of carbonyl (C=O) groups is 1. The molecule has 0 bridgehead atoms. The van der Waals surface area contributed by atoms with Gasteiger partial charge in [0.1, 0.15) is 16.6 Å². The molecule has 3 nitrogen and oxygen atoms in total. The lowest BCUT2D eigenvalue weighted by Crippen LogP contribution is -2.29. The van der Waals surface area contributed by atoms with Crippen LogP contribution in [0, 0.1) is 17.7 Å². The normalized spacial score (nSPS) is 19.0. The predicted octanol–water partition coefficient (Wildman–Crippen LogP) is 4.01. The molecule has 0 radical (unpaired) electrons. The first-order chi connectivity index (χ1) is 9.88. The molecular formula is C16H18FNO2S. The van der Waals surface area contributed by atoms with Crippen LogP contribution in [0.4, 0.5) is 10.1 Å². The van der Waals surface area contributed by atoms with Gasteiger partial charge in [-0.15, -0.1) is 0 Å². The third-order valence-corrected chi connectivity index (χ3v) is 4.05. The van der Waals surface area contributed by atoms with Gasteiger partial charge in [-0.2, -0.15) is 0 Å². The number of anilines is 1. The number of aliphatic hydroxyl groups is 1. The lowest BCUT2D eigenvalue weighted by molar-refractivity contribution is -0.117. The van der Waals surface area contributed by atoms with E-state index in [1.54, 1.807) is 0 Å². The Hall–Kier alpha value is -1.75. The zero-order chi connectivity index (χ0) is 15.6. The Bertz CT molecular complexity index is 593. The Morgan fingerprint density at radius 3 is 2.48 bits per heavy atom. The van der Waals surface area contributed by atoms with Gasteiger partial charge in [0.05, 0.1) is 5.57 Å². The highest BCUT2D eigenvalue weighted by molar-refractivity contribution is 7.81. The van der Waals surface area contributed by atoms with E-state index < -0.39 is 0 Å². The van der Waals surface area contributed by atoms with Gasteiger partial charge in [0, 0.05) is 18.5 Å². The topological polar surface area (TPSA) is 49.3 Å². The number of halogens is 1. The minimum absolute atomic E-state index is 0.0459. The second kappa shape index (κ2) is 6.35. The van der Waals surface area contributed by atoms with E-state index in [0.717, 1.165) is 0 Å². The molecular weight excluding hydrogens is 289 g/mol. The van der Waals surface area contributed by atoms with E-state index >= 15 is 0 Å². The standard InChI is InChI=1S/C16H18FNO2S/c1-9(2)10-7-13(19)15(14(20)8-10)16(21)18-12-5-3-11(17)4-6-12/h3-6,9-10,19H,7-8H2,1-2H3,(H,18,21). The van der Waals surface area contributed by atoms with Gasteiger partial charge in [-0.1, -0.05) is 26.1 Å². The van der Waals surface area contributed by atoms with E-state index in [-0.39, 0.29) is 33.8 Å². The number of thiocarbonyl (C=S) groups is 1. The minimum Gasteiger partial charge on any atom is -0.511 e. The number of hydrogen-bond acceptors (Lipinski definition) is 3. The van der Waals surface area contributed by atoms with Gasteiger partial charge >= 0.3 is 0 Å². The van der Waals surface area contributed by atoms with Crippen LogP contribution < -0.4 is 5.32 Å². The summed E-state index contributed by atoms with van der Waals surface area (Å²) in [6, 6.07) is 5.67. The van der Waals surface area contributed by atoms with Gasteiger partial charge in [0.15, 0.2) is 5.78 Å². The van der Waals surface area contributed by atoms with Crippen LogP contribution in [0.1, 0.15) is 26.7 Å². The number of benzene rings is 1. The summed E-state index contributed by atoms with van der Waals surface area (Å²) in [6.45, 7) is 4.07. The Morgan fingerprint density at radius 1 is 1.33 bits per heavy atom. The van der Waals surface area contributed by atoms with Crippen molar-refractivity contribution in [3.63, 3.8) is 0 Å². The summed E-state index contributed by atoms with van der Waals surface area (Å²) in [6.07, 6.45) is 0.853. The van der Waals surface area contributed by atoms with E-state index in [1.165, 1.54) is 24.3 Å². The molecule has 0 aliphatic heterocycles. The highest BCUT2D eigenvalue weighted by Crippen LogP contribution is 2.31. The minimum atomic E-state index is -0.345. The Labute approximate surface area is 128 Å². The number of nitrogens with one attached hydrogen (secondary N) is 1. The Morgan fingerprint density at radius 2 is 1.95 bits per heavy atom. The average molecular weight is 307 g/mol. The molecule has 0 fully saturated rings. The van der Waals surface area contributed by atoms with Crippen molar-refractivity contribution in [3.05, 3.63) is 41.4 Å². The maximum atomic E-state index is 12.9. The van der Waals surface area contributed by atoms with Crippen LogP contribution in [0.3, 0.4) is 0 Å². The van der Waals surface area contributed by atoms with E-state index in [0.29, 0.717) is 24.4 Å². The van der Waals surface area contributed by atoms with Gasteiger partial charge < -0.3 is 10.4 Å². The highest BCUT2D eigenvalue weighted by atomic mass is 32.1.